The van der Waals surface area contributed by atoms with E-state index in [0.29, 0.717) is 53.8 Å². The number of amides is 2. The number of nitrogens with zero attached hydrogens (tertiary/aromatic N) is 2. The van der Waals surface area contributed by atoms with Crippen LogP contribution < -0.4 is 5.32 Å². The second-order valence-corrected chi connectivity index (χ2v) is 7.83. The minimum absolute atomic E-state index is 0.00831. The molecule has 1 N–H and O–H groups in total. The van der Waals surface area contributed by atoms with E-state index in [2.05, 4.69) is 10.3 Å². The fourth-order valence-corrected chi connectivity index (χ4v) is 4.12. The van der Waals surface area contributed by atoms with Gasteiger partial charge in [-0.15, -0.1) is 0 Å². The van der Waals surface area contributed by atoms with Gasteiger partial charge in [0.1, 0.15) is 5.25 Å². The molecular formula is C16H17F2N3O3S2. The van der Waals surface area contributed by atoms with Crippen molar-refractivity contribution in [2.45, 2.75) is 22.3 Å². The highest BCUT2D eigenvalue weighted by Gasteiger charge is 2.33. The van der Waals surface area contributed by atoms with Crippen LogP contribution in [0.1, 0.15) is 6.42 Å². The lowest BCUT2D eigenvalue weighted by Crippen LogP contribution is -2.39. The van der Waals surface area contributed by atoms with Gasteiger partial charge in [-0.05, 0) is 24.3 Å². The Kier molecular flexibility index (Phi) is 6.49. The van der Waals surface area contributed by atoms with E-state index in [1.807, 2.05) is 4.90 Å². The van der Waals surface area contributed by atoms with Crippen LogP contribution in [0.4, 0.5) is 14.5 Å². The molecule has 2 amide bonds. The van der Waals surface area contributed by atoms with E-state index in [-0.39, 0.29) is 18.2 Å². The van der Waals surface area contributed by atoms with Gasteiger partial charge in [0.25, 0.3) is 11.7 Å². The Labute approximate surface area is 157 Å². The Morgan fingerprint density at radius 2 is 2.04 bits per heavy atom. The molecular weight excluding hydrogens is 384 g/mol. The predicted octanol–water partition coefficient (Wildman–Crippen LogP) is 2.66. The highest BCUT2D eigenvalue weighted by molar-refractivity contribution is 8.15. The summed E-state index contributed by atoms with van der Waals surface area (Å²) in [4.78, 5) is 30.7. The average molecular weight is 401 g/mol. The first kappa shape index (κ1) is 19.1. The summed E-state index contributed by atoms with van der Waals surface area (Å²) in [5.41, 5.74) is 0.499. The molecule has 1 atom stereocenters. The van der Waals surface area contributed by atoms with Crippen LogP contribution in [0, 0.1) is 0 Å². The van der Waals surface area contributed by atoms with Crippen molar-refractivity contribution in [1.82, 2.24) is 4.90 Å². The third-order valence-corrected chi connectivity index (χ3v) is 5.68. The number of nitrogens with one attached hydrogen (secondary N) is 1. The summed E-state index contributed by atoms with van der Waals surface area (Å²) in [5.74, 6) is -3.11. The summed E-state index contributed by atoms with van der Waals surface area (Å²) in [6, 6.07) is 6.15. The standard InChI is InChI=1S/C16H17F2N3O3S2/c17-15(18)25-11-3-1-10(2-4-11)19-13(22)9-12-14(23)20-16(26-12)21-5-7-24-8-6-21/h1-4,12,15H,5-9H2,(H,19,22). The minimum Gasteiger partial charge on any atom is -0.378 e. The zero-order chi connectivity index (χ0) is 18.5. The maximum atomic E-state index is 12.3. The van der Waals surface area contributed by atoms with Crippen molar-refractivity contribution < 1.29 is 23.1 Å². The van der Waals surface area contributed by atoms with Gasteiger partial charge < -0.3 is 15.0 Å². The number of morpholine rings is 1. The van der Waals surface area contributed by atoms with E-state index in [1.165, 1.54) is 23.9 Å². The number of anilines is 1. The zero-order valence-corrected chi connectivity index (χ0v) is 15.3. The number of thioether (sulfide) groups is 2. The summed E-state index contributed by atoms with van der Waals surface area (Å²) < 4.78 is 29.9. The third kappa shape index (κ3) is 5.18. The fourth-order valence-electron chi connectivity index (χ4n) is 2.50. The molecule has 2 aliphatic rings. The summed E-state index contributed by atoms with van der Waals surface area (Å²) in [6.45, 7) is 2.56. The second kappa shape index (κ2) is 8.83. The Bertz CT molecular complexity index is 694. The molecule has 0 aliphatic carbocycles. The molecule has 2 heterocycles. The Balaban J connectivity index is 1.50. The lowest BCUT2D eigenvalue weighted by atomic mass is 10.2. The topological polar surface area (TPSA) is 71.0 Å². The SMILES string of the molecule is O=C(CC1SC(N2CCOCC2)=NC1=O)Nc1ccc(SC(F)F)cc1. The van der Waals surface area contributed by atoms with Gasteiger partial charge in [-0.2, -0.15) is 13.8 Å². The lowest BCUT2D eigenvalue weighted by molar-refractivity contribution is -0.121. The molecule has 2 aliphatic heterocycles. The van der Waals surface area contributed by atoms with Crippen molar-refractivity contribution in [3.63, 3.8) is 0 Å². The van der Waals surface area contributed by atoms with E-state index < -0.39 is 11.0 Å². The van der Waals surface area contributed by atoms with Crippen LogP contribution in [0.5, 0.6) is 0 Å². The van der Waals surface area contributed by atoms with E-state index in [4.69, 9.17) is 4.74 Å². The number of rotatable bonds is 5. The number of carbonyl (C=O) groups is 2. The van der Waals surface area contributed by atoms with E-state index in [0.717, 1.165) is 0 Å². The molecule has 1 aromatic carbocycles. The van der Waals surface area contributed by atoms with Gasteiger partial charge >= 0.3 is 0 Å². The largest absolute Gasteiger partial charge is 0.378 e. The molecule has 0 saturated carbocycles. The quantitative estimate of drug-likeness (QED) is 0.765. The molecule has 6 nitrogen and oxygen atoms in total. The van der Waals surface area contributed by atoms with E-state index in [9.17, 15) is 18.4 Å². The summed E-state index contributed by atoms with van der Waals surface area (Å²) in [6.07, 6.45) is 0.00831. The molecule has 26 heavy (non-hydrogen) atoms. The monoisotopic (exact) mass is 401 g/mol. The van der Waals surface area contributed by atoms with Gasteiger partial charge in [0.05, 0.1) is 13.2 Å². The number of ether oxygens (including phenoxy) is 1. The van der Waals surface area contributed by atoms with Gasteiger partial charge in [-0.1, -0.05) is 23.5 Å². The summed E-state index contributed by atoms with van der Waals surface area (Å²) in [5, 5.41) is 2.78. The molecule has 0 radical (unpaired) electrons. The van der Waals surface area contributed by atoms with Crippen LogP contribution >= 0.6 is 23.5 Å². The van der Waals surface area contributed by atoms with Crippen molar-refractivity contribution in [3.05, 3.63) is 24.3 Å². The molecule has 0 spiro atoms. The number of benzene rings is 1. The number of alkyl halides is 2. The van der Waals surface area contributed by atoms with Crippen molar-refractivity contribution in [3.8, 4) is 0 Å². The lowest BCUT2D eigenvalue weighted by Gasteiger charge is -2.27. The third-order valence-electron chi connectivity index (χ3n) is 3.74. The molecule has 1 fully saturated rings. The molecule has 140 valence electrons. The Hall–Kier alpha value is -1.65. The van der Waals surface area contributed by atoms with Gasteiger partial charge in [0.15, 0.2) is 5.17 Å². The molecule has 1 saturated heterocycles. The number of carbonyl (C=O) groups excluding carboxylic acids is 2. The molecule has 10 heteroatoms. The highest BCUT2D eigenvalue weighted by Crippen LogP contribution is 2.29. The molecule has 0 bridgehead atoms. The average Bonchev–Trinajstić information content (AvgIpc) is 2.97. The zero-order valence-electron chi connectivity index (χ0n) is 13.7. The smallest absolute Gasteiger partial charge is 0.288 e. The first-order valence-corrected chi connectivity index (χ1v) is 9.74. The predicted molar refractivity (Wildman–Crippen MR) is 97.8 cm³/mol. The maximum absolute atomic E-state index is 12.3. The number of hydrogen-bond acceptors (Lipinski definition) is 6. The maximum Gasteiger partial charge on any atom is 0.288 e. The van der Waals surface area contributed by atoms with Crippen LogP contribution in [0.2, 0.25) is 0 Å². The van der Waals surface area contributed by atoms with E-state index >= 15 is 0 Å². The van der Waals surface area contributed by atoms with Crippen molar-refractivity contribution in [2.75, 3.05) is 31.6 Å². The second-order valence-electron chi connectivity index (χ2n) is 5.59. The van der Waals surface area contributed by atoms with Crippen LogP contribution in [-0.4, -0.2) is 59.2 Å². The van der Waals surface area contributed by atoms with Crippen molar-refractivity contribution in [2.24, 2.45) is 4.99 Å². The minimum atomic E-state index is -2.48. The van der Waals surface area contributed by atoms with Gasteiger partial charge in [-0.25, -0.2) is 0 Å². The Morgan fingerprint density at radius 3 is 2.69 bits per heavy atom. The number of amidine groups is 1. The molecule has 3 rings (SSSR count). The van der Waals surface area contributed by atoms with Crippen LogP contribution in [0.25, 0.3) is 0 Å². The van der Waals surface area contributed by atoms with Gasteiger partial charge in [0.2, 0.25) is 5.91 Å². The van der Waals surface area contributed by atoms with Crippen LogP contribution in [0.3, 0.4) is 0 Å². The van der Waals surface area contributed by atoms with Crippen molar-refractivity contribution in [1.29, 1.82) is 0 Å². The number of aliphatic imine (C=N–C) groups is 1. The molecule has 1 unspecified atom stereocenters. The van der Waals surface area contributed by atoms with Crippen LogP contribution in [0.15, 0.2) is 34.2 Å². The van der Waals surface area contributed by atoms with Gasteiger partial charge in [0, 0.05) is 30.1 Å². The van der Waals surface area contributed by atoms with Crippen molar-refractivity contribution >= 4 is 46.2 Å². The van der Waals surface area contributed by atoms with Crippen LogP contribution in [-0.2, 0) is 14.3 Å². The number of halogens is 2. The van der Waals surface area contributed by atoms with Gasteiger partial charge in [-0.3, -0.25) is 9.59 Å². The molecule has 0 aromatic heterocycles. The number of hydrogen-bond donors (Lipinski definition) is 1. The first-order valence-electron chi connectivity index (χ1n) is 7.98. The normalized spacial score (nSPS) is 20.4. The fraction of sp³-hybridized carbons (Fsp3) is 0.438. The molecule has 1 aromatic rings. The summed E-state index contributed by atoms with van der Waals surface area (Å²) in [7, 11) is 0. The Morgan fingerprint density at radius 1 is 1.35 bits per heavy atom. The first-order chi connectivity index (χ1) is 12.5. The van der Waals surface area contributed by atoms with E-state index in [1.54, 1.807) is 12.1 Å². The summed E-state index contributed by atoms with van der Waals surface area (Å²) >= 11 is 1.74. The highest BCUT2D eigenvalue weighted by atomic mass is 32.2.